The van der Waals surface area contributed by atoms with E-state index >= 15 is 0 Å². The Hall–Kier alpha value is -1.83. The Labute approximate surface area is 120 Å². The van der Waals surface area contributed by atoms with E-state index in [1.165, 1.54) is 0 Å². The molecule has 1 N–H and O–H groups in total. The molecule has 0 radical (unpaired) electrons. The molecule has 0 aromatic heterocycles. The first-order valence-electron chi connectivity index (χ1n) is 5.76. The molecule has 0 saturated carbocycles. The molecule has 0 bridgehead atoms. The summed E-state index contributed by atoms with van der Waals surface area (Å²) in [6, 6.07) is 14.5. The van der Waals surface area contributed by atoms with Gasteiger partial charge in [-0.05, 0) is 36.8 Å². The van der Waals surface area contributed by atoms with Crippen molar-refractivity contribution in [2.75, 3.05) is 0 Å². The number of aliphatic hydroxyl groups is 1. The highest BCUT2D eigenvalue weighted by molar-refractivity contribution is 9.10. The Balaban J connectivity index is 2.30. The molecule has 0 aliphatic rings. The fraction of sp³-hybridized carbons (Fsp3) is 0.133. The number of hydrogen-bond acceptors (Lipinski definition) is 3. The molecule has 0 fully saturated rings. The van der Waals surface area contributed by atoms with Crippen molar-refractivity contribution >= 4 is 15.9 Å². The minimum Gasteiger partial charge on any atom is -0.456 e. The number of ether oxygens (including phenoxy) is 1. The summed E-state index contributed by atoms with van der Waals surface area (Å²) in [5, 5.41) is 18.5. The third-order valence-corrected chi connectivity index (χ3v) is 3.34. The molecule has 2 aromatic carbocycles. The average molecular weight is 318 g/mol. The lowest BCUT2D eigenvalue weighted by atomic mass is 10.1. The SMILES string of the molecule is C[C@H](O)c1ccc(Oc2ccccc2C#N)cc1Br. The highest BCUT2D eigenvalue weighted by Gasteiger charge is 2.09. The summed E-state index contributed by atoms with van der Waals surface area (Å²) >= 11 is 3.39. The molecule has 4 heteroatoms. The molecule has 0 spiro atoms. The molecule has 0 amide bonds. The zero-order chi connectivity index (χ0) is 13.8. The molecule has 2 aromatic rings. The number of hydrogen-bond donors (Lipinski definition) is 1. The van der Waals surface area contributed by atoms with Gasteiger partial charge in [0.05, 0.1) is 11.7 Å². The van der Waals surface area contributed by atoms with Crippen molar-refractivity contribution in [2.45, 2.75) is 13.0 Å². The molecule has 96 valence electrons. The van der Waals surface area contributed by atoms with E-state index in [0.717, 1.165) is 10.0 Å². The normalized spacial score (nSPS) is 11.7. The van der Waals surface area contributed by atoms with Crippen LogP contribution in [-0.2, 0) is 0 Å². The molecule has 19 heavy (non-hydrogen) atoms. The molecule has 0 saturated heterocycles. The molecule has 0 heterocycles. The third kappa shape index (κ3) is 3.14. The molecule has 1 atom stereocenters. The van der Waals surface area contributed by atoms with Crippen molar-refractivity contribution in [1.82, 2.24) is 0 Å². The number of benzene rings is 2. The lowest BCUT2D eigenvalue weighted by Crippen LogP contribution is -1.94. The van der Waals surface area contributed by atoms with Crippen LogP contribution in [0.5, 0.6) is 11.5 Å². The number of rotatable bonds is 3. The Bertz CT molecular complexity index is 632. The van der Waals surface area contributed by atoms with Crippen molar-refractivity contribution in [3.8, 4) is 17.6 Å². The van der Waals surface area contributed by atoms with E-state index in [-0.39, 0.29) is 0 Å². The molecular weight excluding hydrogens is 306 g/mol. The summed E-state index contributed by atoms with van der Waals surface area (Å²) in [5.74, 6) is 1.13. The van der Waals surface area contributed by atoms with Gasteiger partial charge in [0.25, 0.3) is 0 Å². The Kier molecular flexibility index (Phi) is 4.20. The van der Waals surface area contributed by atoms with Crippen molar-refractivity contribution in [2.24, 2.45) is 0 Å². The largest absolute Gasteiger partial charge is 0.456 e. The quantitative estimate of drug-likeness (QED) is 0.924. The van der Waals surface area contributed by atoms with Gasteiger partial charge in [-0.3, -0.25) is 0 Å². The Morgan fingerprint density at radius 3 is 2.63 bits per heavy atom. The van der Waals surface area contributed by atoms with Crippen LogP contribution >= 0.6 is 15.9 Å². The second-order valence-electron chi connectivity index (χ2n) is 4.07. The zero-order valence-electron chi connectivity index (χ0n) is 10.3. The fourth-order valence-electron chi connectivity index (χ4n) is 1.69. The van der Waals surface area contributed by atoms with E-state index < -0.39 is 6.10 Å². The van der Waals surface area contributed by atoms with Crippen molar-refractivity contribution < 1.29 is 9.84 Å². The first kappa shape index (κ1) is 13.6. The van der Waals surface area contributed by atoms with E-state index in [2.05, 4.69) is 22.0 Å². The van der Waals surface area contributed by atoms with Crippen LogP contribution in [0, 0.1) is 11.3 Å². The summed E-state index contributed by atoms with van der Waals surface area (Å²) in [6.45, 7) is 1.70. The molecule has 0 unspecified atom stereocenters. The summed E-state index contributed by atoms with van der Waals surface area (Å²) in [4.78, 5) is 0. The van der Waals surface area contributed by atoms with E-state index in [1.54, 1.807) is 43.3 Å². The van der Waals surface area contributed by atoms with Gasteiger partial charge in [0.15, 0.2) is 0 Å². The van der Waals surface area contributed by atoms with Crippen LogP contribution in [0.25, 0.3) is 0 Å². The van der Waals surface area contributed by atoms with Gasteiger partial charge < -0.3 is 9.84 Å². The van der Waals surface area contributed by atoms with Crippen LogP contribution in [0.4, 0.5) is 0 Å². The number of para-hydroxylation sites is 1. The van der Waals surface area contributed by atoms with Crippen molar-refractivity contribution in [3.63, 3.8) is 0 Å². The number of nitriles is 1. The molecule has 2 rings (SSSR count). The second kappa shape index (κ2) is 5.87. The lowest BCUT2D eigenvalue weighted by Gasteiger charge is -2.11. The Morgan fingerprint density at radius 1 is 1.26 bits per heavy atom. The average Bonchev–Trinajstić information content (AvgIpc) is 2.39. The zero-order valence-corrected chi connectivity index (χ0v) is 11.9. The Morgan fingerprint density at radius 2 is 2.00 bits per heavy atom. The number of halogens is 1. The van der Waals surface area contributed by atoms with Gasteiger partial charge >= 0.3 is 0 Å². The van der Waals surface area contributed by atoms with Crippen LogP contribution < -0.4 is 4.74 Å². The third-order valence-electron chi connectivity index (χ3n) is 2.66. The van der Waals surface area contributed by atoms with E-state index in [1.807, 2.05) is 6.07 Å². The molecule has 0 aliphatic heterocycles. The fourth-order valence-corrected chi connectivity index (χ4v) is 2.37. The van der Waals surface area contributed by atoms with E-state index in [9.17, 15) is 5.11 Å². The van der Waals surface area contributed by atoms with Gasteiger partial charge in [-0.25, -0.2) is 0 Å². The van der Waals surface area contributed by atoms with Gasteiger partial charge in [0.1, 0.15) is 17.6 Å². The summed E-state index contributed by atoms with van der Waals surface area (Å²) in [5.41, 5.74) is 1.28. The maximum atomic E-state index is 9.55. The number of aliphatic hydroxyl groups excluding tert-OH is 1. The maximum Gasteiger partial charge on any atom is 0.145 e. The van der Waals surface area contributed by atoms with Gasteiger partial charge in [0.2, 0.25) is 0 Å². The van der Waals surface area contributed by atoms with Crippen LogP contribution in [-0.4, -0.2) is 5.11 Å². The standard InChI is InChI=1S/C15H12BrNO2/c1-10(18)13-7-6-12(8-14(13)16)19-15-5-3-2-4-11(15)9-17/h2-8,10,18H,1H3/t10-/m0/s1. The predicted octanol–water partition coefficient (Wildman–Crippen LogP) is 4.17. The predicted molar refractivity (Wildman–Crippen MR) is 76.0 cm³/mol. The topological polar surface area (TPSA) is 53.2 Å². The van der Waals surface area contributed by atoms with E-state index in [4.69, 9.17) is 10.00 Å². The second-order valence-corrected chi connectivity index (χ2v) is 4.92. The van der Waals surface area contributed by atoms with Gasteiger partial charge in [-0.1, -0.05) is 34.1 Å². The van der Waals surface area contributed by atoms with Crippen LogP contribution in [0.15, 0.2) is 46.9 Å². The highest BCUT2D eigenvalue weighted by atomic mass is 79.9. The van der Waals surface area contributed by atoms with Crippen LogP contribution in [0.2, 0.25) is 0 Å². The van der Waals surface area contributed by atoms with Crippen LogP contribution in [0.3, 0.4) is 0 Å². The monoisotopic (exact) mass is 317 g/mol. The minimum absolute atomic E-state index is 0.484. The summed E-state index contributed by atoms with van der Waals surface area (Å²) in [7, 11) is 0. The smallest absolute Gasteiger partial charge is 0.145 e. The van der Waals surface area contributed by atoms with Crippen molar-refractivity contribution in [3.05, 3.63) is 58.1 Å². The minimum atomic E-state index is -0.546. The molecule has 3 nitrogen and oxygen atoms in total. The van der Waals surface area contributed by atoms with Crippen LogP contribution in [0.1, 0.15) is 24.2 Å². The first-order valence-corrected chi connectivity index (χ1v) is 6.55. The van der Waals surface area contributed by atoms with Crippen molar-refractivity contribution in [1.29, 1.82) is 5.26 Å². The number of nitrogens with zero attached hydrogens (tertiary/aromatic N) is 1. The maximum absolute atomic E-state index is 9.55. The van der Waals surface area contributed by atoms with Gasteiger partial charge in [-0.2, -0.15) is 5.26 Å². The molecule has 0 aliphatic carbocycles. The molecular formula is C15H12BrNO2. The summed E-state index contributed by atoms with van der Waals surface area (Å²) in [6.07, 6.45) is -0.546. The lowest BCUT2D eigenvalue weighted by molar-refractivity contribution is 0.198. The first-order chi connectivity index (χ1) is 9.11. The van der Waals surface area contributed by atoms with E-state index in [0.29, 0.717) is 17.1 Å². The highest BCUT2D eigenvalue weighted by Crippen LogP contribution is 2.31. The van der Waals surface area contributed by atoms with Gasteiger partial charge in [0, 0.05) is 4.47 Å². The summed E-state index contributed by atoms with van der Waals surface area (Å²) < 4.78 is 6.45. The van der Waals surface area contributed by atoms with Gasteiger partial charge in [-0.15, -0.1) is 0 Å².